The third-order valence-electron chi connectivity index (χ3n) is 4.49. The van der Waals surface area contributed by atoms with Crippen molar-refractivity contribution in [3.8, 4) is 0 Å². The van der Waals surface area contributed by atoms with E-state index in [0.717, 1.165) is 25.9 Å². The summed E-state index contributed by atoms with van der Waals surface area (Å²) in [7, 11) is 1.54. The summed E-state index contributed by atoms with van der Waals surface area (Å²) in [6.07, 6.45) is 4.33. The number of rotatable bonds is 4. The highest BCUT2D eigenvalue weighted by molar-refractivity contribution is 5.91. The summed E-state index contributed by atoms with van der Waals surface area (Å²) < 4.78 is 10.7. The van der Waals surface area contributed by atoms with Crippen LogP contribution in [0.15, 0.2) is 0 Å². The molecule has 1 unspecified atom stereocenters. The average Bonchev–Trinajstić information content (AvgIpc) is 2.55. The molecule has 0 bridgehead atoms. The molecule has 1 N–H and O–H groups in total. The van der Waals surface area contributed by atoms with Crippen LogP contribution in [0.5, 0.6) is 0 Å². The quantitative estimate of drug-likeness (QED) is 0.829. The third kappa shape index (κ3) is 3.74. The number of piperidine rings is 1. The maximum Gasteiger partial charge on any atom is 0.253 e. The Bertz CT molecular complexity index is 374. The standard InChI is InChI=1S/C15H26N2O4/c1-12(13(18)17-8-4-3-5-9-17)16-14(19)15(20-2)6-10-21-11-7-15/h12H,3-11H2,1-2H3,(H,16,19). The van der Waals surface area contributed by atoms with Crippen molar-refractivity contribution in [2.45, 2.75) is 50.7 Å². The zero-order valence-corrected chi connectivity index (χ0v) is 13.0. The first-order chi connectivity index (χ1) is 10.1. The van der Waals surface area contributed by atoms with Gasteiger partial charge in [0.2, 0.25) is 5.91 Å². The molecule has 2 rings (SSSR count). The summed E-state index contributed by atoms with van der Waals surface area (Å²) in [5.41, 5.74) is -0.852. The number of methoxy groups -OCH3 is 1. The van der Waals surface area contributed by atoms with Gasteiger partial charge in [-0.25, -0.2) is 0 Å². The third-order valence-corrected chi connectivity index (χ3v) is 4.49. The maximum absolute atomic E-state index is 12.5. The Balaban J connectivity index is 1.92. The second-order valence-corrected chi connectivity index (χ2v) is 5.89. The van der Waals surface area contributed by atoms with Gasteiger partial charge in [-0.1, -0.05) is 0 Å². The summed E-state index contributed by atoms with van der Waals surface area (Å²) >= 11 is 0. The molecule has 0 spiro atoms. The number of nitrogens with zero attached hydrogens (tertiary/aromatic N) is 1. The Morgan fingerprint density at radius 3 is 2.38 bits per heavy atom. The van der Waals surface area contributed by atoms with Gasteiger partial charge in [0.15, 0.2) is 5.60 Å². The topological polar surface area (TPSA) is 67.9 Å². The largest absolute Gasteiger partial charge is 0.381 e. The molecule has 6 heteroatoms. The molecule has 120 valence electrons. The van der Waals surface area contributed by atoms with E-state index >= 15 is 0 Å². The molecular weight excluding hydrogens is 272 g/mol. The summed E-state index contributed by atoms with van der Waals surface area (Å²) in [4.78, 5) is 26.7. The number of likely N-dealkylation sites (tertiary alicyclic amines) is 1. The summed E-state index contributed by atoms with van der Waals surface area (Å²) in [5, 5.41) is 2.83. The van der Waals surface area contributed by atoms with Crippen LogP contribution in [-0.4, -0.2) is 61.8 Å². The number of hydrogen-bond acceptors (Lipinski definition) is 4. The van der Waals surface area contributed by atoms with E-state index in [0.29, 0.717) is 26.1 Å². The predicted octanol–water partition coefficient (Wildman–Crippen LogP) is 0.699. The molecule has 2 aliphatic heterocycles. The fraction of sp³-hybridized carbons (Fsp3) is 0.867. The lowest BCUT2D eigenvalue weighted by atomic mass is 9.92. The van der Waals surface area contributed by atoms with Crippen molar-refractivity contribution >= 4 is 11.8 Å². The van der Waals surface area contributed by atoms with Crippen molar-refractivity contribution in [2.24, 2.45) is 0 Å². The van der Waals surface area contributed by atoms with Crippen molar-refractivity contribution in [3.05, 3.63) is 0 Å². The van der Waals surface area contributed by atoms with Crippen LogP contribution in [0.2, 0.25) is 0 Å². The number of carbonyl (C=O) groups excluding carboxylic acids is 2. The lowest BCUT2D eigenvalue weighted by Gasteiger charge is -2.36. The highest BCUT2D eigenvalue weighted by Gasteiger charge is 2.41. The molecule has 2 aliphatic rings. The van der Waals surface area contributed by atoms with Gasteiger partial charge in [0, 0.05) is 46.3 Å². The molecule has 0 aromatic heterocycles. The lowest BCUT2D eigenvalue weighted by Crippen LogP contribution is -2.57. The molecule has 21 heavy (non-hydrogen) atoms. The molecule has 2 amide bonds. The van der Waals surface area contributed by atoms with Gasteiger partial charge >= 0.3 is 0 Å². The number of nitrogens with one attached hydrogen (secondary N) is 1. The van der Waals surface area contributed by atoms with E-state index < -0.39 is 11.6 Å². The fourth-order valence-corrected chi connectivity index (χ4v) is 3.00. The van der Waals surface area contributed by atoms with Crippen molar-refractivity contribution in [3.63, 3.8) is 0 Å². The molecule has 0 aromatic carbocycles. The van der Waals surface area contributed by atoms with Crippen LogP contribution in [0, 0.1) is 0 Å². The Labute approximate surface area is 126 Å². The monoisotopic (exact) mass is 298 g/mol. The van der Waals surface area contributed by atoms with E-state index in [1.165, 1.54) is 6.42 Å². The van der Waals surface area contributed by atoms with Crippen LogP contribution in [0.3, 0.4) is 0 Å². The first-order valence-electron chi connectivity index (χ1n) is 7.82. The lowest BCUT2D eigenvalue weighted by molar-refractivity contribution is -0.157. The van der Waals surface area contributed by atoms with E-state index in [1.54, 1.807) is 14.0 Å². The van der Waals surface area contributed by atoms with E-state index in [9.17, 15) is 9.59 Å². The molecular formula is C15H26N2O4. The second-order valence-electron chi connectivity index (χ2n) is 5.89. The fourth-order valence-electron chi connectivity index (χ4n) is 3.00. The van der Waals surface area contributed by atoms with Crippen LogP contribution in [0.1, 0.15) is 39.0 Å². The molecule has 6 nitrogen and oxygen atoms in total. The number of carbonyl (C=O) groups is 2. The molecule has 0 radical (unpaired) electrons. The predicted molar refractivity (Wildman–Crippen MR) is 77.8 cm³/mol. The van der Waals surface area contributed by atoms with Gasteiger partial charge in [-0.2, -0.15) is 0 Å². The van der Waals surface area contributed by atoms with Crippen molar-refractivity contribution in [1.29, 1.82) is 0 Å². The highest BCUT2D eigenvalue weighted by atomic mass is 16.5. The number of ether oxygens (including phenoxy) is 2. The van der Waals surface area contributed by atoms with Crippen molar-refractivity contribution < 1.29 is 19.1 Å². The molecule has 2 saturated heterocycles. The van der Waals surface area contributed by atoms with Gasteiger partial charge in [0.05, 0.1) is 0 Å². The average molecular weight is 298 g/mol. The first-order valence-corrected chi connectivity index (χ1v) is 7.82. The van der Waals surface area contributed by atoms with E-state index in [-0.39, 0.29) is 11.8 Å². The summed E-state index contributed by atoms with van der Waals surface area (Å²) in [5.74, 6) is -0.201. The molecule has 0 aliphatic carbocycles. The van der Waals surface area contributed by atoms with E-state index in [4.69, 9.17) is 9.47 Å². The van der Waals surface area contributed by atoms with Crippen LogP contribution >= 0.6 is 0 Å². The Morgan fingerprint density at radius 1 is 1.19 bits per heavy atom. The first kappa shape index (κ1) is 16.2. The van der Waals surface area contributed by atoms with Crippen LogP contribution in [0.25, 0.3) is 0 Å². The van der Waals surface area contributed by atoms with Crippen LogP contribution in [0.4, 0.5) is 0 Å². The Kier molecular flexibility index (Phi) is 5.58. The minimum absolute atomic E-state index is 0.00126. The molecule has 0 aromatic rings. The number of amides is 2. The maximum atomic E-state index is 12.5. The van der Waals surface area contributed by atoms with Gasteiger partial charge in [-0.05, 0) is 26.2 Å². The van der Waals surface area contributed by atoms with Gasteiger partial charge in [0.1, 0.15) is 6.04 Å². The van der Waals surface area contributed by atoms with Crippen molar-refractivity contribution in [2.75, 3.05) is 33.4 Å². The van der Waals surface area contributed by atoms with E-state index in [2.05, 4.69) is 5.32 Å². The molecule has 0 saturated carbocycles. The Morgan fingerprint density at radius 2 is 1.81 bits per heavy atom. The van der Waals surface area contributed by atoms with Gasteiger partial charge in [-0.15, -0.1) is 0 Å². The normalized spacial score (nSPS) is 23.4. The van der Waals surface area contributed by atoms with E-state index in [1.807, 2.05) is 4.90 Å². The summed E-state index contributed by atoms with van der Waals surface area (Å²) in [6.45, 7) is 4.35. The molecule has 2 fully saturated rings. The Hall–Kier alpha value is -1.14. The zero-order chi connectivity index (χ0) is 15.3. The van der Waals surface area contributed by atoms with Gasteiger partial charge in [-0.3, -0.25) is 9.59 Å². The SMILES string of the molecule is COC1(C(=O)NC(C)C(=O)N2CCCCC2)CCOCC1. The zero-order valence-electron chi connectivity index (χ0n) is 13.0. The molecule has 1 atom stereocenters. The van der Waals surface area contributed by atoms with Crippen molar-refractivity contribution in [1.82, 2.24) is 10.2 Å². The van der Waals surface area contributed by atoms with Gasteiger partial charge < -0.3 is 19.7 Å². The summed E-state index contributed by atoms with van der Waals surface area (Å²) in [6, 6.07) is -0.509. The van der Waals surface area contributed by atoms with Crippen LogP contribution in [-0.2, 0) is 19.1 Å². The minimum atomic E-state index is -0.852. The highest BCUT2D eigenvalue weighted by Crippen LogP contribution is 2.25. The van der Waals surface area contributed by atoms with Gasteiger partial charge in [0.25, 0.3) is 5.91 Å². The second kappa shape index (κ2) is 7.22. The minimum Gasteiger partial charge on any atom is -0.381 e. The van der Waals surface area contributed by atoms with Crippen LogP contribution < -0.4 is 5.32 Å². The smallest absolute Gasteiger partial charge is 0.253 e. The number of hydrogen-bond donors (Lipinski definition) is 1. The molecule has 2 heterocycles.